The van der Waals surface area contributed by atoms with Crippen LogP contribution in [0.1, 0.15) is 24.8 Å². The number of hydrogen-bond donors (Lipinski definition) is 1. The van der Waals surface area contributed by atoms with Crippen molar-refractivity contribution in [3.63, 3.8) is 0 Å². The van der Waals surface area contributed by atoms with Gasteiger partial charge in [-0.1, -0.05) is 30.3 Å². The molecule has 0 aliphatic heterocycles. The van der Waals surface area contributed by atoms with Crippen LogP contribution >= 0.6 is 0 Å². The fourth-order valence-corrected chi connectivity index (χ4v) is 2.81. The van der Waals surface area contributed by atoms with Crippen molar-refractivity contribution in [2.75, 3.05) is 14.1 Å². The van der Waals surface area contributed by atoms with Gasteiger partial charge >= 0.3 is 0 Å². The van der Waals surface area contributed by atoms with E-state index in [1.54, 1.807) is 0 Å². The SMILES string of the molecule is CN(C)[C@@]1(c2ccccc2)CCCC1O. The normalized spacial score (nSPS) is 31.1. The zero-order valence-electron chi connectivity index (χ0n) is 9.48. The van der Waals surface area contributed by atoms with Crippen LogP contribution in [-0.4, -0.2) is 30.2 Å². The number of nitrogens with zero attached hydrogens (tertiary/aromatic N) is 1. The Morgan fingerprint density at radius 2 is 1.93 bits per heavy atom. The van der Waals surface area contributed by atoms with Crippen molar-refractivity contribution in [1.82, 2.24) is 4.90 Å². The largest absolute Gasteiger partial charge is 0.391 e. The van der Waals surface area contributed by atoms with Gasteiger partial charge in [0.15, 0.2) is 0 Å². The van der Waals surface area contributed by atoms with E-state index in [0.717, 1.165) is 19.3 Å². The van der Waals surface area contributed by atoms with Crippen molar-refractivity contribution in [1.29, 1.82) is 0 Å². The Morgan fingerprint density at radius 1 is 1.27 bits per heavy atom. The summed E-state index contributed by atoms with van der Waals surface area (Å²) in [6.45, 7) is 0. The Labute approximate surface area is 91.5 Å². The van der Waals surface area contributed by atoms with E-state index in [9.17, 15) is 5.11 Å². The van der Waals surface area contributed by atoms with Gasteiger partial charge in [-0.3, -0.25) is 4.90 Å². The third-order valence-corrected chi connectivity index (χ3v) is 3.66. The van der Waals surface area contributed by atoms with Crippen LogP contribution in [0, 0.1) is 0 Å². The fourth-order valence-electron chi connectivity index (χ4n) is 2.81. The minimum absolute atomic E-state index is 0.165. The lowest BCUT2D eigenvalue weighted by molar-refractivity contribution is 0.0139. The summed E-state index contributed by atoms with van der Waals surface area (Å²) in [5.41, 5.74) is 1.07. The van der Waals surface area contributed by atoms with Crippen molar-refractivity contribution in [3.8, 4) is 0 Å². The number of rotatable bonds is 2. The highest BCUT2D eigenvalue weighted by molar-refractivity contribution is 5.27. The van der Waals surface area contributed by atoms with E-state index in [0.29, 0.717) is 0 Å². The summed E-state index contributed by atoms with van der Waals surface area (Å²) in [5.74, 6) is 0. The predicted octanol–water partition coefficient (Wildman–Crippen LogP) is 1.99. The monoisotopic (exact) mass is 205 g/mol. The maximum atomic E-state index is 10.2. The standard InChI is InChI=1S/C13H19NO/c1-14(2)13(10-6-9-12(13)15)11-7-4-3-5-8-11/h3-5,7-8,12,15H,6,9-10H2,1-2H3/t12?,13-/m1/s1. The van der Waals surface area contributed by atoms with Crippen LogP contribution in [0.4, 0.5) is 0 Å². The smallest absolute Gasteiger partial charge is 0.0765 e. The van der Waals surface area contributed by atoms with Crippen LogP contribution in [0.3, 0.4) is 0 Å². The molecule has 0 saturated heterocycles. The molecule has 0 spiro atoms. The van der Waals surface area contributed by atoms with Crippen LogP contribution in [0.2, 0.25) is 0 Å². The van der Waals surface area contributed by atoms with Gasteiger partial charge in [0.05, 0.1) is 11.6 Å². The molecule has 1 aliphatic rings. The number of aliphatic hydroxyl groups excluding tert-OH is 1. The lowest BCUT2D eigenvalue weighted by atomic mass is 9.85. The maximum Gasteiger partial charge on any atom is 0.0765 e. The average Bonchev–Trinajstić information content (AvgIpc) is 2.62. The van der Waals surface area contributed by atoms with E-state index in [4.69, 9.17) is 0 Å². The van der Waals surface area contributed by atoms with Gasteiger partial charge in [0, 0.05) is 0 Å². The molecule has 1 aromatic carbocycles. The first-order valence-electron chi connectivity index (χ1n) is 5.59. The van der Waals surface area contributed by atoms with E-state index in [2.05, 4.69) is 31.1 Å². The molecule has 82 valence electrons. The topological polar surface area (TPSA) is 23.5 Å². The predicted molar refractivity (Wildman–Crippen MR) is 61.7 cm³/mol. The summed E-state index contributed by atoms with van der Waals surface area (Å²) in [5, 5.41) is 10.2. The zero-order valence-corrected chi connectivity index (χ0v) is 9.48. The molecule has 1 saturated carbocycles. The molecule has 1 unspecified atom stereocenters. The van der Waals surface area contributed by atoms with Crippen molar-refractivity contribution in [3.05, 3.63) is 35.9 Å². The van der Waals surface area contributed by atoms with Crippen molar-refractivity contribution < 1.29 is 5.11 Å². The van der Waals surface area contributed by atoms with Gasteiger partial charge in [0.2, 0.25) is 0 Å². The first-order chi connectivity index (χ1) is 7.18. The van der Waals surface area contributed by atoms with Gasteiger partial charge in [0.25, 0.3) is 0 Å². The van der Waals surface area contributed by atoms with Gasteiger partial charge in [-0.05, 0) is 38.9 Å². The van der Waals surface area contributed by atoms with Gasteiger partial charge in [-0.2, -0.15) is 0 Å². The third-order valence-electron chi connectivity index (χ3n) is 3.66. The summed E-state index contributed by atoms with van der Waals surface area (Å²) in [7, 11) is 4.11. The molecule has 2 atom stereocenters. The molecule has 1 aliphatic carbocycles. The van der Waals surface area contributed by atoms with E-state index in [1.165, 1.54) is 5.56 Å². The Hall–Kier alpha value is -0.860. The number of benzene rings is 1. The molecule has 1 aromatic rings. The van der Waals surface area contributed by atoms with Gasteiger partial charge in [0.1, 0.15) is 0 Å². The summed E-state index contributed by atoms with van der Waals surface area (Å²) in [4.78, 5) is 2.17. The number of hydrogen-bond acceptors (Lipinski definition) is 2. The quantitative estimate of drug-likeness (QED) is 0.798. The Kier molecular flexibility index (Phi) is 2.81. The van der Waals surface area contributed by atoms with Gasteiger partial charge in [-0.25, -0.2) is 0 Å². The van der Waals surface area contributed by atoms with Crippen LogP contribution in [0.25, 0.3) is 0 Å². The molecule has 2 nitrogen and oxygen atoms in total. The second-order valence-electron chi connectivity index (χ2n) is 4.59. The minimum atomic E-state index is -0.241. The molecule has 0 amide bonds. The molecule has 1 N–H and O–H groups in total. The number of aliphatic hydroxyl groups is 1. The molecule has 15 heavy (non-hydrogen) atoms. The molecule has 0 bridgehead atoms. The van der Waals surface area contributed by atoms with Crippen LogP contribution in [-0.2, 0) is 5.54 Å². The maximum absolute atomic E-state index is 10.2. The third kappa shape index (κ3) is 1.58. The summed E-state index contributed by atoms with van der Waals surface area (Å²) >= 11 is 0. The molecule has 2 heteroatoms. The van der Waals surface area contributed by atoms with Gasteiger partial charge < -0.3 is 5.11 Å². The van der Waals surface area contributed by atoms with E-state index >= 15 is 0 Å². The summed E-state index contributed by atoms with van der Waals surface area (Å²) in [6, 6.07) is 10.4. The first kappa shape index (κ1) is 10.7. The van der Waals surface area contributed by atoms with Crippen molar-refractivity contribution in [2.45, 2.75) is 30.9 Å². The van der Waals surface area contributed by atoms with Crippen molar-refractivity contribution in [2.24, 2.45) is 0 Å². The van der Waals surface area contributed by atoms with E-state index in [1.807, 2.05) is 18.2 Å². The lowest BCUT2D eigenvalue weighted by Gasteiger charge is -2.39. The average molecular weight is 205 g/mol. The zero-order chi connectivity index (χ0) is 10.9. The summed E-state index contributed by atoms with van der Waals surface area (Å²) in [6.07, 6.45) is 2.82. The Bertz CT molecular complexity index is 323. The molecule has 0 radical (unpaired) electrons. The highest BCUT2D eigenvalue weighted by Gasteiger charge is 2.45. The second-order valence-corrected chi connectivity index (χ2v) is 4.59. The first-order valence-corrected chi connectivity index (χ1v) is 5.59. The fraction of sp³-hybridized carbons (Fsp3) is 0.538. The Balaban J connectivity index is 2.44. The highest BCUT2D eigenvalue weighted by atomic mass is 16.3. The molecule has 2 rings (SSSR count). The van der Waals surface area contributed by atoms with Crippen LogP contribution in [0.15, 0.2) is 30.3 Å². The second kappa shape index (κ2) is 3.95. The van der Waals surface area contributed by atoms with Crippen molar-refractivity contribution >= 4 is 0 Å². The van der Waals surface area contributed by atoms with E-state index < -0.39 is 0 Å². The molecule has 0 aromatic heterocycles. The van der Waals surface area contributed by atoms with Crippen LogP contribution in [0.5, 0.6) is 0 Å². The highest BCUT2D eigenvalue weighted by Crippen LogP contribution is 2.42. The Morgan fingerprint density at radius 3 is 2.40 bits per heavy atom. The number of likely N-dealkylation sites (N-methyl/N-ethyl adjacent to an activating group) is 1. The van der Waals surface area contributed by atoms with E-state index in [-0.39, 0.29) is 11.6 Å². The molecular formula is C13H19NO. The summed E-state index contributed by atoms with van der Waals surface area (Å²) < 4.78 is 0. The molecule has 1 fully saturated rings. The van der Waals surface area contributed by atoms with Gasteiger partial charge in [-0.15, -0.1) is 0 Å². The van der Waals surface area contributed by atoms with Crippen LogP contribution < -0.4 is 0 Å². The lowest BCUT2D eigenvalue weighted by Crippen LogP contribution is -2.47. The minimum Gasteiger partial charge on any atom is -0.391 e. The molecular weight excluding hydrogens is 186 g/mol. The molecule has 0 heterocycles.